The summed E-state index contributed by atoms with van der Waals surface area (Å²) in [5, 5.41) is 10.2. The van der Waals surface area contributed by atoms with E-state index in [4.69, 9.17) is 27.7 Å². The number of carbonyl (C=O) groups is 1. The molecule has 0 spiro atoms. The standard InChI is InChI=1S/C15H11Cl2N5O2/c1-8-6-13(22-24-8)21-14(23)11-4-5-18-15(19-11)20-12-7-9(16)2-3-10(12)17/h2-7H,1H3,(H,18,19,20)(H,21,22,23). The Balaban J connectivity index is 1.78. The van der Waals surface area contributed by atoms with E-state index in [1.165, 1.54) is 12.3 Å². The van der Waals surface area contributed by atoms with Crippen LogP contribution in [0.1, 0.15) is 16.2 Å². The fraction of sp³-hybridized carbons (Fsp3) is 0.0667. The number of rotatable bonds is 4. The van der Waals surface area contributed by atoms with E-state index < -0.39 is 5.91 Å². The van der Waals surface area contributed by atoms with Crippen molar-refractivity contribution in [3.8, 4) is 0 Å². The Hall–Kier alpha value is -2.64. The van der Waals surface area contributed by atoms with Crippen LogP contribution in [-0.4, -0.2) is 21.0 Å². The van der Waals surface area contributed by atoms with Crippen molar-refractivity contribution in [2.45, 2.75) is 6.92 Å². The van der Waals surface area contributed by atoms with Crippen LogP contribution in [-0.2, 0) is 0 Å². The minimum Gasteiger partial charge on any atom is -0.360 e. The zero-order valence-corrected chi connectivity index (χ0v) is 13.9. The predicted molar refractivity (Wildman–Crippen MR) is 91.0 cm³/mol. The number of carbonyl (C=O) groups excluding carboxylic acids is 1. The predicted octanol–water partition coefficient (Wildman–Crippen LogP) is 4.08. The lowest BCUT2D eigenvalue weighted by molar-refractivity contribution is 0.102. The lowest BCUT2D eigenvalue weighted by Crippen LogP contribution is -2.15. The molecule has 3 aromatic rings. The first kappa shape index (κ1) is 16.2. The lowest BCUT2D eigenvalue weighted by atomic mass is 10.3. The molecule has 0 bridgehead atoms. The van der Waals surface area contributed by atoms with E-state index >= 15 is 0 Å². The van der Waals surface area contributed by atoms with Crippen molar-refractivity contribution in [1.82, 2.24) is 15.1 Å². The van der Waals surface area contributed by atoms with Crippen molar-refractivity contribution < 1.29 is 9.32 Å². The molecule has 1 amide bonds. The average Bonchev–Trinajstić information content (AvgIpc) is 2.96. The Kier molecular flexibility index (Phi) is 4.64. The average molecular weight is 364 g/mol. The second kappa shape index (κ2) is 6.86. The van der Waals surface area contributed by atoms with Crippen molar-refractivity contribution in [1.29, 1.82) is 0 Å². The zero-order chi connectivity index (χ0) is 17.1. The Morgan fingerprint density at radius 2 is 2.04 bits per heavy atom. The van der Waals surface area contributed by atoms with E-state index in [1.54, 1.807) is 31.2 Å². The topological polar surface area (TPSA) is 92.9 Å². The molecule has 1 aromatic carbocycles. The van der Waals surface area contributed by atoms with Crippen LogP contribution >= 0.6 is 23.2 Å². The first-order valence-corrected chi connectivity index (χ1v) is 7.56. The molecule has 0 aliphatic carbocycles. The van der Waals surface area contributed by atoms with E-state index in [2.05, 4.69) is 25.8 Å². The summed E-state index contributed by atoms with van der Waals surface area (Å²) in [7, 11) is 0. The first-order valence-electron chi connectivity index (χ1n) is 6.81. The van der Waals surface area contributed by atoms with Gasteiger partial charge >= 0.3 is 0 Å². The van der Waals surface area contributed by atoms with Crippen LogP contribution in [0.2, 0.25) is 10.0 Å². The van der Waals surface area contributed by atoms with Crippen molar-refractivity contribution in [3.63, 3.8) is 0 Å². The Bertz CT molecular complexity index is 897. The largest absolute Gasteiger partial charge is 0.360 e. The summed E-state index contributed by atoms with van der Waals surface area (Å²) in [6, 6.07) is 8.03. The minimum atomic E-state index is -0.439. The summed E-state index contributed by atoms with van der Waals surface area (Å²) < 4.78 is 4.89. The molecule has 2 aromatic heterocycles. The van der Waals surface area contributed by atoms with Gasteiger partial charge in [-0.1, -0.05) is 28.4 Å². The molecule has 2 heterocycles. The van der Waals surface area contributed by atoms with E-state index in [9.17, 15) is 4.79 Å². The monoisotopic (exact) mass is 363 g/mol. The van der Waals surface area contributed by atoms with Gasteiger partial charge in [0.15, 0.2) is 5.82 Å². The summed E-state index contributed by atoms with van der Waals surface area (Å²) in [6.45, 7) is 1.73. The van der Waals surface area contributed by atoms with Crippen LogP contribution in [0, 0.1) is 6.92 Å². The third-order valence-electron chi connectivity index (χ3n) is 2.93. The Labute approximate surface area is 147 Å². The number of nitrogens with one attached hydrogen (secondary N) is 2. The quantitative estimate of drug-likeness (QED) is 0.725. The SMILES string of the molecule is Cc1cc(NC(=O)c2ccnc(Nc3cc(Cl)ccc3Cl)n2)no1. The fourth-order valence-electron chi connectivity index (χ4n) is 1.86. The smallest absolute Gasteiger partial charge is 0.275 e. The Morgan fingerprint density at radius 1 is 1.21 bits per heavy atom. The van der Waals surface area contributed by atoms with Crippen LogP contribution in [0.5, 0.6) is 0 Å². The number of hydrogen-bond donors (Lipinski definition) is 2. The van der Waals surface area contributed by atoms with Crippen LogP contribution in [0.15, 0.2) is 41.1 Å². The molecule has 0 saturated carbocycles. The minimum absolute atomic E-state index is 0.159. The maximum absolute atomic E-state index is 12.2. The molecule has 0 aliphatic heterocycles. The molecular formula is C15H11Cl2N5O2. The molecule has 7 nitrogen and oxygen atoms in total. The molecule has 2 N–H and O–H groups in total. The van der Waals surface area contributed by atoms with Gasteiger partial charge in [-0.25, -0.2) is 9.97 Å². The van der Waals surface area contributed by atoms with Crippen LogP contribution < -0.4 is 10.6 Å². The van der Waals surface area contributed by atoms with Crippen molar-refractivity contribution in [3.05, 3.63) is 58.0 Å². The van der Waals surface area contributed by atoms with E-state index in [0.29, 0.717) is 27.3 Å². The molecule has 3 rings (SSSR count). The van der Waals surface area contributed by atoms with Crippen LogP contribution in [0.4, 0.5) is 17.5 Å². The number of aryl methyl sites for hydroxylation is 1. The van der Waals surface area contributed by atoms with Gasteiger partial charge < -0.3 is 15.2 Å². The van der Waals surface area contributed by atoms with Gasteiger partial charge in [0.05, 0.1) is 10.7 Å². The molecule has 0 aliphatic rings. The zero-order valence-electron chi connectivity index (χ0n) is 12.4. The normalized spacial score (nSPS) is 10.5. The van der Waals surface area contributed by atoms with Crippen LogP contribution in [0.3, 0.4) is 0 Å². The summed E-state index contributed by atoms with van der Waals surface area (Å²) in [6.07, 6.45) is 1.46. The summed E-state index contributed by atoms with van der Waals surface area (Å²) in [4.78, 5) is 20.4. The number of hydrogen-bond acceptors (Lipinski definition) is 6. The maximum atomic E-state index is 12.2. The number of halogens is 2. The molecule has 0 saturated heterocycles. The van der Waals surface area contributed by atoms with E-state index in [-0.39, 0.29) is 11.6 Å². The van der Waals surface area contributed by atoms with Gasteiger partial charge in [-0.2, -0.15) is 0 Å². The molecular weight excluding hydrogens is 353 g/mol. The van der Waals surface area contributed by atoms with Crippen LogP contribution in [0.25, 0.3) is 0 Å². The molecule has 122 valence electrons. The third-order valence-corrected chi connectivity index (χ3v) is 3.50. The Morgan fingerprint density at radius 3 is 2.79 bits per heavy atom. The molecule has 24 heavy (non-hydrogen) atoms. The van der Waals surface area contributed by atoms with Crippen molar-refractivity contribution in [2.75, 3.05) is 10.6 Å². The van der Waals surface area contributed by atoms with Gasteiger partial charge in [0.2, 0.25) is 5.95 Å². The first-order chi connectivity index (χ1) is 11.5. The summed E-state index contributed by atoms with van der Waals surface area (Å²) in [5.41, 5.74) is 0.695. The molecule has 0 radical (unpaired) electrons. The highest BCUT2D eigenvalue weighted by atomic mass is 35.5. The fourth-order valence-corrected chi connectivity index (χ4v) is 2.20. The van der Waals surface area contributed by atoms with Gasteiger partial charge in [-0.3, -0.25) is 4.79 Å². The maximum Gasteiger partial charge on any atom is 0.275 e. The highest BCUT2D eigenvalue weighted by Crippen LogP contribution is 2.27. The highest BCUT2D eigenvalue weighted by Gasteiger charge is 2.12. The third kappa shape index (κ3) is 3.81. The lowest BCUT2D eigenvalue weighted by Gasteiger charge is -2.08. The summed E-state index contributed by atoms with van der Waals surface area (Å²) in [5.74, 6) is 0.670. The van der Waals surface area contributed by atoms with E-state index in [1.807, 2.05) is 0 Å². The van der Waals surface area contributed by atoms with E-state index in [0.717, 1.165) is 0 Å². The highest BCUT2D eigenvalue weighted by molar-refractivity contribution is 6.35. The van der Waals surface area contributed by atoms with Crippen molar-refractivity contribution >= 4 is 46.6 Å². The number of nitrogens with zero attached hydrogens (tertiary/aromatic N) is 3. The van der Waals surface area contributed by atoms with Gasteiger partial charge in [-0.05, 0) is 31.2 Å². The molecule has 0 unspecified atom stereocenters. The molecule has 9 heteroatoms. The van der Waals surface area contributed by atoms with Gasteiger partial charge in [0, 0.05) is 17.3 Å². The summed E-state index contributed by atoms with van der Waals surface area (Å²) >= 11 is 12.0. The van der Waals surface area contributed by atoms with Gasteiger partial charge in [-0.15, -0.1) is 0 Å². The molecule has 0 atom stereocenters. The van der Waals surface area contributed by atoms with Gasteiger partial charge in [0.25, 0.3) is 5.91 Å². The number of benzene rings is 1. The molecule has 0 fully saturated rings. The van der Waals surface area contributed by atoms with Crippen molar-refractivity contribution in [2.24, 2.45) is 0 Å². The second-order valence-corrected chi connectivity index (χ2v) is 5.64. The number of amides is 1. The van der Waals surface area contributed by atoms with Gasteiger partial charge in [0.1, 0.15) is 11.5 Å². The second-order valence-electron chi connectivity index (χ2n) is 4.79. The number of anilines is 3. The number of aromatic nitrogens is 3.